The SMILES string of the molecule is CCOc1nnc2nnc(SC)n2n1. The zero-order valence-corrected chi connectivity index (χ0v) is 8.52. The first-order chi connectivity index (χ1) is 6.85. The lowest BCUT2D eigenvalue weighted by molar-refractivity contribution is 0.300. The Labute approximate surface area is 83.9 Å². The summed E-state index contributed by atoms with van der Waals surface area (Å²) in [5.74, 6) is 0.373. The van der Waals surface area contributed by atoms with E-state index >= 15 is 0 Å². The number of hydrogen-bond donors (Lipinski definition) is 0. The lowest BCUT2D eigenvalue weighted by Crippen LogP contribution is -2.04. The highest BCUT2D eigenvalue weighted by Crippen LogP contribution is 2.11. The third kappa shape index (κ3) is 1.48. The summed E-state index contributed by atoms with van der Waals surface area (Å²) >= 11 is 1.44. The molecule has 0 N–H and O–H groups in total. The topological polar surface area (TPSA) is 78.1 Å². The Morgan fingerprint density at radius 2 is 2.07 bits per heavy atom. The lowest BCUT2D eigenvalue weighted by atomic mass is 10.9. The molecule has 2 rings (SSSR count). The average molecular weight is 212 g/mol. The summed E-state index contributed by atoms with van der Waals surface area (Å²) in [7, 11) is 0. The average Bonchev–Trinajstić information content (AvgIpc) is 2.60. The third-order valence-electron chi connectivity index (χ3n) is 1.46. The highest BCUT2D eigenvalue weighted by molar-refractivity contribution is 7.98. The molecule has 8 heteroatoms. The maximum Gasteiger partial charge on any atom is 0.353 e. The molecule has 0 saturated carbocycles. The van der Waals surface area contributed by atoms with Crippen LogP contribution >= 0.6 is 11.8 Å². The van der Waals surface area contributed by atoms with Gasteiger partial charge in [0.25, 0.3) is 5.78 Å². The molecule has 0 atom stereocenters. The first-order valence-corrected chi connectivity index (χ1v) is 5.20. The Morgan fingerprint density at radius 1 is 1.29 bits per heavy atom. The zero-order valence-electron chi connectivity index (χ0n) is 7.71. The van der Waals surface area contributed by atoms with Crippen molar-refractivity contribution in [2.45, 2.75) is 12.1 Å². The van der Waals surface area contributed by atoms with Gasteiger partial charge in [-0.05, 0) is 13.2 Å². The Kier molecular flexibility index (Phi) is 2.44. The van der Waals surface area contributed by atoms with Crippen molar-refractivity contribution in [2.24, 2.45) is 0 Å². The Bertz CT molecular complexity index is 443. The van der Waals surface area contributed by atoms with Crippen LogP contribution in [0.3, 0.4) is 0 Å². The van der Waals surface area contributed by atoms with E-state index in [0.717, 1.165) is 0 Å². The van der Waals surface area contributed by atoms with Gasteiger partial charge in [-0.25, -0.2) is 0 Å². The molecule has 2 heterocycles. The third-order valence-corrected chi connectivity index (χ3v) is 2.08. The van der Waals surface area contributed by atoms with Crippen LogP contribution in [0.15, 0.2) is 5.16 Å². The minimum Gasteiger partial charge on any atom is -0.462 e. The highest BCUT2D eigenvalue weighted by Gasteiger charge is 2.08. The van der Waals surface area contributed by atoms with Crippen molar-refractivity contribution in [1.82, 2.24) is 30.0 Å². The quantitative estimate of drug-likeness (QED) is 0.664. The predicted molar refractivity (Wildman–Crippen MR) is 49.3 cm³/mol. The molecule has 0 aliphatic carbocycles. The Balaban J connectivity index is 2.50. The summed E-state index contributed by atoms with van der Waals surface area (Å²) in [5, 5.41) is 19.9. The van der Waals surface area contributed by atoms with Crippen molar-refractivity contribution < 1.29 is 4.74 Å². The van der Waals surface area contributed by atoms with Crippen LogP contribution < -0.4 is 4.74 Å². The van der Waals surface area contributed by atoms with Gasteiger partial charge in [-0.3, -0.25) is 0 Å². The summed E-state index contributed by atoms with van der Waals surface area (Å²) in [6.07, 6.45) is 1.89. The number of rotatable bonds is 3. The second-order valence-corrected chi connectivity index (χ2v) is 3.09. The van der Waals surface area contributed by atoms with Crippen molar-refractivity contribution in [1.29, 1.82) is 0 Å². The monoisotopic (exact) mass is 212 g/mol. The van der Waals surface area contributed by atoms with Crippen LogP contribution in [0.25, 0.3) is 5.78 Å². The van der Waals surface area contributed by atoms with Gasteiger partial charge in [0.15, 0.2) is 0 Å². The minimum atomic E-state index is 0.232. The van der Waals surface area contributed by atoms with E-state index in [-0.39, 0.29) is 6.01 Å². The molecule has 14 heavy (non-hydrogen) atoms. The predicted octanol–water partition coefficient (Wildman–Crippen LogP) is 0.0349. The van der Waals surface area contributed by atoms with Crippen LogP contribution in [0.5, 0.6) is 6.01 Å². The molecular formula is C6H8N6OS. The lowest BCUT2D eigenvalue weighted by Gasteiger charge is -1.98. The molecule has 0 spiro atoms. The van der Waals surface area contributed by atoms with Crippen LogP contribution in [0, 0.1) is 0 Å². The van der Waals surface area contributed by atoms with Gasteiger partial charge < -0.3 is 4.74 Å². The van der Waals surface area contributed by atoms with Gasteiger partial charge in [-0.15, -0.1) is 20.4 Å². The molecule has 2 aromatic rings. The zero-order chi connectivity index (χ0) is 9.97. The Morgan fingerprint density at radius 3 is 2.79 bits per heavy atom. The first-order valence-electron chi connectivity index (χ1n) is 3.98. The molecule has 2 aromatic heterocycles. The summed E-state index contributed by atoms with van der Waals surface area (Å²) in [4.78, 5) is 0. The van der Waals surface area contributed by atoms with Gasteiger partial charge in [0.2, 0.25) is 5.16 Å². The van der Waals surface area contributed by atoms with E-state index in [1.54, 1.807) is 0 Å². The molecule has 74 valence electrons. The summed E-state index contributed by atoms with van der Waals surface area (Å²) < 4.78 is 6.62. The molecule has 0 bridgehead atoms. The van der Waals surface area contributed by atoms with E-state index in [9.17, 15) is 0 Å². The van der Waals surface area contributed by atoms with Crippen molar-refractivity contribution in [2.75, 3.05) is 12.9 Å². The molecule has 0 aliphatic heterocycles. The highest BCUT2D eigenvalue weighted by atomic mass is 32.2. The molecule has 0 saturated heterocycles. The molecule has 0 aliphatic rings. The normalized spacial score (nSPS) is 10.7. The molecule has 7 nitrogen and oxygen atoms in total. The minimum absolute atomic E-state index is 0.232. The molecular weight excluding hydrogens is 204 g/mol. The number of hydrogen-bond acceptors (Lipinski definition) is 7. The van der Waals surface area contributed by atoms with E-state index in [4.69, 9.17) is 4.74 Å². The van der Waals surface area contributed by atoms with E-state index < -0.39 is 0 Å². The maximum absolute atomic E-state index is 5.11. The molecule has 0 amide bonds. The smallest absolute Gasteiger partial charge is 0.353 e. The second-order valence-electron chi connectivity index (χ2n) is 2.31. The van der Waals surface area contributed by atoms with Crippen molar-refractivity contribution in [3.63, 3.8) is 0 Å². The van der Waals surface area contributed by atoms with Crippen LogP contribution in [0.4, 0.5) is 0 Å². The number of fused-ring (bicyclic) bond motifs is 1. The van der Waals surface area contributed by atoms with Gasteiger partial charge in [-0.2, -0.15) is 4.52 Å². The number of nitrogens with zero attached hydrogens (tertiary/aromatic N) is 6. The standard InChI is InChI=1S/C6H8N6OS/c1-3-13-5-9-7-4-8-10-6(14-2)12(4)11-5/h3H2,1-2H3. The number of thioether (sulfide) groups is 1. The fraction of sp³-hybridized carbons (Fsp3) is 0.500. The van der Waals surface area contributed by atoms with E-state index in [1.165, 1.54) is 16.3 Å². The Hall–Kier alpha value is -1.44. The summed E-state index contributed by atoms with van der Waals surface area (Å²) in [6.45, 7) is 2.36. The van der Waals surface area contributed by atoms with Crippen molar-refractivity contribution in [3.05, 3.63) is 0 Å². The van der Waals surface area contributed by atoms with Gasteiger partial charge in [-0.1, -0.05) is 16.9 Å². The van der Waals surface area contributed by atoms with Crippen LogP contribution in [-0.2, 0) is 0 Å². The molecule has 0 fully saturated rings. The fourth-order valence-corrected chi connectivity index (χ4v) is 1.33. The van der Waals surface area contributed by atoms with Crippen molar-refractivity contribution >= 4 is 17.5 Å². The van der Waals surface area contributed by atoms with Gasteiger partial charge in [0.05, 0.1) is 6.61 Å². The second kappa shape index (κ2) is 3.74. The largest absolute Gasteiger partial charge is 0.462 e. The summed E-state index contributed by atoms with van der Waals surface area (Å²) in [6, 6.07) is 0.232. The van der Waals surface area contributed by atoms with Crippen LogP contribution in [0.1, 0.15) is 6.92 Å². The first kappa shape index (κ1) is 9.13. The van der Waals surface area contributed by atoms with Gasteiger partial charge in [0, 0.05) is 0 Å². The van der Waals surface area contributed by atoms with E-state index in [1.807, 2.05) is 13.2 Å². The van der Waals surface area contributed by atoms with Gasteiger partial charge >= 0.3 is 6.01 Å². The van der Waals surface area contributed by atoms with Gasteiger partial charge in [0.1, 0.15) is 0 Å². The number of aromatic nitrogens is 6. The van der Waals surface area contributed by atoms with Crippen LogP contribution in [0.2, 0.25) is 0 Å². The van der Waals surface area contributed by atoms with E-state index in [2.05, 4.69) is 25.5 Å². The van der Waals surface area contributed by atoms with Crippen LogP contribution in [-0.4, -0.2) is 42.9 Å². The molecule has 0 radical (unpaired) electrons. The molecule has 0 aromatic carbocycles. The van der Waals surface area contributed by atoms with E-state index in [0.29, 0.717) is 17.5 Å². The van der Waals surface area contributed by atoms with Crippen molar-refractivity contribution in [3.8, 4) is 6.01 Å². The maximum atomic E-state index is 5.11. The summed E-state index contributed by atoms with van der Waals surface area (Å²) in [5.41, 5.74) is 0. The molecule has 0 unspecified atom stereocenters. The number of ether oxygens (including phenoxy) is 1. The fourth-order valence-electron chi connectivity index (χ4n) is 0.915.